The predicted molar refractivity (Wildman–Crippen MR) is 72.3 cm³/mol. The molecule has 0 saturated heterocycles. The van der Waals surface area contributed by atoms with Gasteiger partial charge in [-0.3, -0.25) is 0 Å². The van der Waals surface area contributed by atoms with Crippen molar-refractivity contribution >= 4 is 27.5 Å². The number of hydrogen-bond donors (Lipinski definition) is 0. The lowest BCUT2D eigenvalue weighted by molar-refractivity contribution is 0.320. The minimum atomic E-state index is 0.156. The maximum atomic E-state index is 5.96. The maximum absolute atomic E-state index is 5.96. The van der Waals surface area contributed by atoms with Crippen molar-refractivity contribution in [3.8, 4) is 5.75 Å². The summed E-state index contributed by atoms with van der Waals surface area (Å²) in [5.74, 6) is 0.914. The van der Waals surface area contributed by atoms with Crippen molar-refractivity contribution in [2.45, 2.75) is 18.8 Å². The minimum absolute atomic E-state index is 0.156. The van der Waals surface area contributed by atoms with Gasteiger partial charge in [-0.05, 0) is 32.2 Å². The van der Waals surface area contributed by atoms with Gasteiger partial charge < -0.3 is 9.64 Å². The minimum Gasteiger partial charge on any atom is -0.496 e. The third-order valence-corrected chi connectivity index (χ3v) is 2.88. The van der Waals surface area contributed by atoms with Crippen LogP contribution in [0, 0.1) is 0 Å². The van der Waals surface area contributed by atoms with E-state index < -0.39 is 0 Å². The molecule has 1 rings (SSSR count). The fourth-order valence-corrected chi connectivity index (χ4v) is 2.30. The molecule has 0 N–H and O–H groups in total. The zero-order valence-electron chi connectivity index (χ0n) is 9.84. The smallest absolute Gasteiger partial charge is 0.123 e. The molecule has 0 fully saturated rings. The molecule has 90 valence electrons. The molecule has 0 amide bonds. The van der Waals surface area contributed by atoms with Gasteiger partial charge in [0, 0.05) is 28.5 Å². The second-order valence-electron chi connectivity index (χ2n) is 3.93. The Hall–Kier alpha value is -0.250. The number of ether oxygens (including phenoxy) is 1. The first-order valence-corrected chi connectivity index (χ1v) is 6.41. The lowest BCUT2D eigenvalue weighted by Crippen LogP contribution is -2.24. The van der Waals surface area contributed by atoms with E-state index in [0.717, 1.165) is 28.9 Å². The van der Waals surface area contributed by atoms with E-state index in [9.17, 15) is 0 Å². The second-order valence-corrected chi connectivity index (χ2v) is 5.59. The van der Waals surface area contributed by atoms with E-state index in [1.165, 1.54) is 0 Å². The van der Waals surface area contributed by atoms with Crippen molar-refractivity contribution in [3.05, 3.63) is 28.2 Å². The van der Waals surface area contributed by atoms with E-state index in [2.05, 4.69) is 33.9 Å². The molecule has 2 nitrogen and oxygen atoms in total. The molecule has 0 aliphatic carbocycles. The first-order valence-electron chi connectivity index (χ1n) is 5.18. The summed E-state index contributed by atoms with van der Waals surface area (Å²) in [4.78, 5) is 2.18. The molecule has 0 radical (unpaired) electrons. The van der Waals surface area contributed by atoms with Crippen LogP contribution in [0.1, 0.15) is 12.5 Å². The molecule has 0 aliphatic rings. The lowest BCUT2D eigenvalue weighted by Gasteiger charge is -2.19. The topological polar surface area (TPSA) is 12.5 Å². The monoisotopic (exact) mass is 305 g/mol. The fraction of sp³-hybridized carbons (Fsp3) is 0.500. The van der Waals surface area contributed by atoms with Crippen molar-refractivity contribution in [2.75, 3.05) is 20.7 Å². The van der Waals surface area contributed by atoms with E-state index in [1.807, 2.05) is 19.1 Å². The fourth-order valence-electron chi connectivity index (χ4n) is 1.66. The summed E-state index contributed by atoms with van der Waals surface area (Å²) in [7, 11) is 3.75. The third-order valence-electron chi connectivity index (χ3n) is 2.25. The average Bonchev–Trinajstić information content (AvgIpc) is 2.16. The molecule has 1 unspecified atom stereocenters. The highest BCUT2D eigenvalue weighted by molar-refractivity contribution is 9.10. The number of nitrogens with zero attached hydrogens (tertiary/aromatic N) is 1. The second kappa shape index (κ2) is 6.48. The van der Waals surface area contributed by atoms with Crippen LogP contribution in [-0.4, -0.2) is 31.0 Å². The number of alkyl halides is 1. The van der Waals surface area contributed by atoms with Gasteiger partial charge in [0.05, 0.1) is 7.11 Å². The van der Waals surface area contributed by atoms with Crippen LogP contribution in [0.15, 0.2) is 22.7 Å². The Bertz CT molecular complexity index is 344. The molecule has 1 atom stereocenters. The van der Waals surface area contributed by atoms with Crippen LogP contribution in [-0.2, 0) is 6.54 Å². The maximum Gasteiger partial charge on any atom is 0.123 e. The van der Waals surface area contributed by atoms with Crippen LogP contribution in [0.25, 0.3) is 0 Å². The van der Waals surface area contributed by atoms with Crippen LogP contribution in [0.4, 0.5) is 0 Å². The molecule has 0 aromatic heterocycles. The van der Waals surface area contributed by atoms with Crippen molar-refractivity contribution in [1.29, 1.82) is 0 Å². The van der Waals surface area contributed by atoms with Gasteiger partial charge in [0.1, 0.15) is 5.75 Å². The summed E-state index contributed by atoms with van der Waals surface area (Å²) in [6.45, 7) is 3.69. The Morgan fingerprint density at radius 1 is 1.50 bits per heavy atom. The summed E-state index contributed by atoms with van der Waals surface area (Å²) < 4.78 is 6.39. The number of hydrogen-bond acceptors (Lipinski definition) is 2. The van der Waals surface area contributed by atoms with E-state index in [4.69, 9.17) is 16.3 Å². The van der Waals surface area contributed by atoms with Crippen molar-refractivity contribution in [2.24, 2.45) is 0 Å². The molecule has 4 heteroatoms. The van der Waals surface area contributed by atoms with E-state index in [1.54, 1.807) is 7.11 Å². The van der Waals surface area contributed by atoms with Gasteiger partial charge in [0.2, 0.25) is 0 Å². The Balaban J connectivity index is 2.74. The van der Waals surface area contributed by atoms with Gasteiger partial charge in [0.25, 0.3) is 0 Å². The van der Waals surface area contributed by atoms with E-state index >= 15 is 0 Å². The summed E-state index contributed by atoms with van der Waals surface area (Å²) >= 11 is 9.43. The summed E-state index contributed by atoms with van der Waals surface area (Å²) in [6, 6.07) is 6.03. The number of methoxy groups -OCH3 is 1. The van der Waals surface area contributed by atoms with Crippen LogP contribution in [0.5, 0.6) is 5.75 Å². The first-order chi connectivity index (χ1) is 7.52. The molecule has 0 spiro atoms. The quantitative estimate of drug-likeness (QED) is 0.772. The Morgan fingerprint density at radius 3 is 2.75 bits per heavy atom. The molecule has 1 aromatic rings. The van der Waals surface area contributed by atoms with Gasteiger partial charge in [-0.25, -0.2) is 0 Å². The highest BCUT2D eigenvalue weighted by atomic mass is 79.9. The molecule has 1 aromatic carbocycles. The van der Waals surface area contributed by atoms with Crippen LogP contribution < -0.4 is 4.74 Å². The summed E-state index contributed by atoms with van der Waals surface area (Å²) in [5, 5.41) is 0.156. The van der Waals surface area contributed by atoms with E-state index in [0.29, 0.717) is 0 Å². The van der Waals surface area contributed by atoms with Gasteiger partial charge in [-0.15, -0.1) is 11.6 Å². The van der Waals surface area contributed by atoms with Crippen LogP contribution in [0.2, 0.25) is 0 Å². The third kappa shape index (κ3) is 4.32. The summed E-state index contributed by atoms with van der Waals surface area (Å²) in [5.41, 5.74) is 1.16. The Kier molecular flexibility index (Phi) is 5.59. The van der Waals surface area contributed by atoms with Crippen molar-refractivity contribution in [3.63, 3.8) is 0 Å². The molecule has 0 heterocycles. The molecule has 0 bridgehead atoms. The Morgan fingerprint density at radius 2 is 2.19 bits per heavy atom. The number of halogens is 2. The number of benzene rings is 1. The predicted octanol–water partition coefficient (Wildman–Crippen LogP) is 3.52. The Labute approximate surface area is 111 Å². The lowest BCUT2D eigenvalue weighted by atomic mass is 10.2. The zero-order chi connectivity index (χ0) is 12.1. The standard InChI is InChI=1S/C12H17BrClNO/c1-9(14)7-15(2)8-10-6-11(13)4-5-12(10)16-3/h4-6,9H,7-8H2,1-3H3. The molecular weight excluding hydrogens is 289 g/mol. The van der Waals surface area contributed by atoms with Gasteiger partial charge in [-0.1, -0.05) is 15.9 Å². The highest BCUT2D eigenvalue weighted by Gasteiger charge is 2.08. The van der Waals surface area contributed by atoms with Crippen molar-refractivity contribution in [1.82, 2.24) is 4.90 Å². The normalized spacial score (nSPS) is 12.9. The van der Waals surface area contributed by atoms with Crippen molar-refractivity contribution < 1.29 is 4.74 Å². The van der Waals surface area contributed by atoms with Gasteiger partial charge >= 0.3 is 0 Å². The zero-order valence-corrected chi connectivity index (χ0v) is 12.2. The van der Waals surface area contributed by atoms with Crippen LogP contribution in [0.3, 0.4) is 0 Å². The summed E-state index contributed by atoms with van der Waals surface area (Å²) in [6.07, 6.45) is 0. The SMILES string of the molecule is COc1ccc(Br)cc1CN(C)CC(C)Cl. The average molecular weight is 307 g/mol. The molecule has 0 saturated carbocycles. The van der Waals surface area contributed by atoms with Gasteiger partial charge in [-0.2, -0.15) is 0 Å². The molecular formula is C12H17BrClNO. The molecule has 0 aliphatic heterocycles. The molecule has 16 heavy (non-hydrogen) atoms. The number of rotatable bonds is 5. The van der Waals surface area contributed by atoms with Crippen LogP contribution >= 0.6 is 27.5 Å². The first kappa shape index (κ1) is 13.8. The van der Waals surface area contributed by atoms with E-state index in [-0.39, 0.29) is 5.38 Å². The largest absolute Gasteiger partial charge is 0.496 e. The highest BCUT2D eigenvalue weighted by Crippen LogP contribution is 2.24. The van der Waals surface area contributed by atoms with Gasteiger partial charge in [0.15, 0.2) is 0 Å².